The van der Waals surface area contributed by atoms with Gasteiger partial charge in [0, 0.05) is 5.56 Å². The summed E-state index contributed by atoms with van der Waals surface area (Å²) in [6, 6.07) is 8.83. The third-order valence-electron chi connectivity index (χ3n) is 2.40. The van der Waals surface area contributed by atoms with Gasteiger partial charge in [-0.05, 0) is 12.2 Å². The molecule has 5 nitrogen and oxygen atoms in total. The lowest BCUT2D eigenvalue weighted by Crippen LogP contribution is -2.28. The molecule has 0 aromatic heterocycles. The summed E-state index contributed by atoms with van der Waals surface area (Å²) in [5.74, 6) is -1.41. The van der Waals surface area contributed by atoms with E-state index in [9.17, 15) is 4.79 Å². The molecule has 2 rings (SSSR count). The number of carbonyl (C=O) groups is 1. The third-order valence-corrected chi connectivity index (χ3v) is 2.40. The fourth-order valence-corrected chi connectivity index (χ4v) is 1.57. The van der Waals surface area contributed by atoms with Crippen molar-refractivity contribution in [1.82, 2.24) is 0 Å². The van der Waals surface area contributed by atoms with Gasteiger partial charge in [-0.15, -0.1) is 5.11 Å². The van der Waals surface area contributed by atoms with Crippen molar-refractivity contribution in [2.24, 2.45) is 5.11 Å². The third kappa shape index (κ3) is 1.94. The van der Waals surface area contributed by atoms with Crippen molar-refractivity contribution in [3.05, 3.63) is 59.9 Å². The number of allylic oxidation sites excluding steroid dienone is 2. The summed E-state index contributed by atoms with van der Waals surface area (Å²) in [5, 5.41) is 12.3. The van der Waals surface area contributed by atoms with Gasteiger partial charge in [0.25, 0.3) is 5.72 Å². The van der Waals surface area contributed by atoms with Crippen LogP contribution >= 0.6 is 0 Å². The number of rotatable bonds is 3. The van der Waals surface area contributed by atoms with E-state index in [2.05, 4.69) is 5.11 Å². The maximum Gasteiger partial charge on any atom is 0.371 e. The van der Waals surface area contributed by atoms with Crippen LogP contribution in [0.3, 0.4) is 0 Å². The fourth-order valence-electron chi connectivity index (χ4n) is 1.57. The Kier molecular flexibility index (Phi) is 2.74. The highest BCUT2D eigenvalue weighted by molar-refractivity contribution is 5.85. The lowest BCUT2D eigenvalue weighted by atomic mass is 10.0. The minimum atomic E-state index is -1.37. The highest BCUT2D eigenvalue weighted by Crippen LogP contribution is 2.33. The quantitative estimate of drug-likeness (QED) is 0.782. The maximum absolute atomic E-state index is 10.9. The summed E-state index contributed by atoms with van der Waals surface area (Å²) in [7, 11) is 0. The van der Waals surface area contributed by atoms with E-state index in [0.29, 0.717) is 5.56 Å². The number of ether oxygens (including phenoxy) is 1. The Morgan fingerprint density at radius 1 is 1.35 bits per heavy atom. The Balaban J connectivity index is 2.42. The molecule has 17 heavy (non-hydrogen) atoms. The minimum absolute atomic E-state index is 0.229. The molecule has 86 valence electrons. The first kappa shape index (κ1) is 11.1. The lowest BCUT2D eigenvalue weighted by molar-refractivity contribution is -0.139. The Morgan fingerprint density at radius 3 is 2.65 bits per heavy atom. The first-order valence-electron chi connectivity index (χ1n) is 4.94. The molecule has 0 aliphatic carbocycles. The van der Waals surface area contributed by atoms with Crippen molar-refractivity contribution in [2.75, 3.05) is 0 Å². The second-order valence-electron chi connectivity index (χ2n) is 3.47. The standard InChI is InChI=1S/C12H10N2O3/c13-14-12(9-5-2-1-3-6-9)8-4-7-10(17-12)11(15)16/h1-8,13H,(H,15,16). The summed E-state index contributed by atoms with van der Waals surface area (Å²) in [5.41, 5.74) is 6.48. The predicted molar refractivity (Wildman–Crippen MR) is 59.2 cm³/mol. The van der Waals surface area contributed by atoms with Gasteiger partial charge in [0.15, 0.2) is 0 Å². The molecule has 0 amide bonds. The summed E-state index contributed by atoms with van der Waals surface area (Å²) in [6.45, 7) is 0. The van der Waals surface area contributed by atoms with Crippen molar-refractivity contribution >= 4 is 5.97 Å². The molecule has 1 aliphatic rings. The van der Waals surface area contributed by atoms with Crippen LogP contribution in [0.15, 0.2) is 59.4 Å². The zero-order valence-electron chi connectivity index (χ0n) is 8.83. The largest absolute Gasteiger partial charge is 0.475 e. The molecule has 1 aliphatic heterocycles. The molecular weight excluding hydrogens is 220 g/mol. The van der Waals surface area contributed by atoms with Crippen molar-refractivity contribution in [1.29, 1.82) is 5.53 Å². The molecule has 1 atom stereocenters. The first-order valence-corrected chi connectivity index (χ1v) is 4.94. The summed E-state index contributed by atoms with van der Waals surface area (Å²) in [4.78, 5) is 10.9. The van der Waals surface area contributed by atoms with E-state index in [0.717, 1.165) is 0 Å². The van der Waals surface area contributed by atoms with Crippen molar-refractivity contribution in [3.63, 3.8) is 0 Å². The number of hydrogen-bond acceptors (Lipinski definition) is 4. The van der Waals surface area contributed by atoms with E-state index in [4.69, 9.17) is 15.4 Å². The molecule has 0 saturated carbocycles. The maximum atomic E-state index is 10.9. The van der Waals surface area contributed by atoms with Gasteiger partial charge >= 0.3 is 5.97 Å². The second-order valence-corrected chi connectivity index (χ2v) is 3.47. The average Bonchev–Trinajstić information content (AvgIpc) is 2.39. The van der Waals surface area contributed by atoms with Crippen LogP contribution in [-0.2, 0) is 15.3 Å². The fraction of sp³-hybridized carbons (Fsp3) is 0.0833. The van der Waals surface area contributed by atoms with Crippen molar-refractivity contribution in [2.45, 2.75) is 5.72 Å². The molecule has 0 radical (unpaired) electrons. The van der Waals surface area contributed by atoms with Gasteiger partial charge in [-0.2, -0.15) is 0 Å². The number of benzene rings is 1. The van der Waals surface area contributed by atoms with E-state index >= 15 is 0 Å². The smallest absolute Gasteiger partial charge is 0.371 e. The molecule has 0 saturated heterocycles. The van der Waals surface area contributed by atoms with Gasteiger partial charge in [0.05, 0.1) is 0 Å². The molecule has 2 N–H and O–H groups in total. The summed E-state index contributed by atoms with van der Waals surface area (Å²) < 4.78 is 5.29. The highest BCUT2D eigenvalue weighted by atomic mass is 16.5. The molecule has 5 heteroatoms. The van der Waals surface area contributed by atoms with E-state index < -0.39 is 11.7 Å². The SMILES string of the molecule is N=NC1(c2ccccc2)C=CC=C(C(=O)O)O1. The van der Waals surface area contributed by atoms with E-state index in [1.165, 1.54) is 12.2 Å². The number of carboxylic acids is 1. The number of aliphatic carboxylic acids is 1. The van der Waals surface area contributed by atoms with Gasteiger partial charge in [-0.25, -0.2) is 10.3 Å². The topological polar surface area (TPSA) is 82.7 Å². The highest BCUT2D eigenvalue weighted by Gasteiger charge is 2.35. The molecule has 0 bridgehead atoms. The zero-order valence-corrected chi connectivity index (χ0v) is 8.83. The Labute approximate surface area is 97.5 Å². The van der Waals surface area contributed by atoms with Gasteiger partial charge < -0.3 is 9.84 Å². The monoisotopic (exact) mass is 230 g/mol. The van der Waals surface area contributed by atoms with E-state index in [-0.39, 0.29) is 5.76 Å². The van der Waals surface area contributed by atoms with Crippen LogP contribution in [0, 0.1) is 5.53 Å². The lowest BCUT2D eigenvalue weighted by Gasteiger charge is -2.28. The van der Waals surface area contributed by atoms with Crippen LogP contribution in [0.1, 0.15) is 5.56 Å². The summed E-state index contributed by atoms with van der Waals surface area (Å²) >= 11 is 0. The van der Waals surface area contributed by atoms with Crippen molar-refractivity contribution < 1.29 is 14.6 Å². The molecule has 1 heterocycles. The van der Waals surface area contributed by atoms with Crippen LogP contribution < -0.4 is 0 Å². The second kappa shape index (κ2) is 4.21. The van der Waals surface area contributed by atoms with Crippen LogP contribution in [0.2, 0.25) is 0 Å². The minimum Gasteiger partial charge on any atom is -0.475 e. The van der Waals surface area contributed by atoms with E-state index in [1.54, 1.807) is 30.3 Å². The number of carboxylic acid groups (broad SMARTS) is 1. The number of hydrogen-bond donors (Lipinski definition) is 2. The molecule has 0 spiro atoms. The molecule has 1 aromatic carbocycles. The van der Waals surface area contributed by atoms with Crippen LogP contribution in [0.4, 0.5) is 0 Å². The molecule has 0 fully saturated rings. The predicted octanol–water partition coefficient (Wildman–Crippen LogP) is 2.43. The number of nitrogens with one attached hydrogen (secondary N) is 1. The molecule has 1 unspecified atom stereocenters. The summed E-state index contributed by atoms with van der Waals surface area (Å²) in [6.07, 6.45) is 4.40. The molecule has 1 aromatic rings. The Hall–Kier alpha value is -2.43. The molecular formula is C12H10N2O3. The van der Waals surface area contributed by atoms with E-state index in [1.807, 2.05) is 6.07 Å². The Morgan fingerprint density at radius 2 is 2.06 bits per heavy atom. The zero-order chi connectivity index (χ0) is 12.3. The number of nitrogens with zero attached hydrogens (tertiary/aromatic N) is 1. The van der Waals surface area contributed by atoms with Gasteiger partial charge in [-0.1, -0.05) is 36.4 Å². The van der Waals surface area contributed by atoms with Crippen LogP contribution in [-0.4, -0.2) is 11.1 Å². The van der Waals surface area contributed by atoms with Gasteiger partial charge in [-0.3, -0.25) is 0 Å². The first-order chi connectivity index (χ1) is 8.18. The van der Waals surface area contributed by atoms with Gasteiger partial charge in [0.2, 0.25) is 5.76 Å². The van der Waals surface area contributed by atoms with Crippen LogP contribution in [0.5, 0.6) is 0 Å². The average molecular weight is 230 g/mol. The normalized spacial score (nSPS) is 22.5. The Bertz CT molecular complexity index is 508. The van der Waals surface area contributed by atoms with Crippen molar-refractivity contribution in [3.8, 4) is 0 Å². The van der Waals surface area contributed by atoms with Crippen LogP contribution in [0.25, 0.3) is 0 Å². The van der Waals surface area contributed by atoms with Gasteiger partial charge in [0.1, 0.15) is 0 Å².